The van der Waals surface area contributed by atoms with Crippen LogP contribution in [0.15, 0.2) is 11.6 Å². The lowest BCUT2D eigenvalue weighted by Crippen LogP contribution is -2.35. The van der Waals surface area contributed by atoms with Crippen molar-refractivity contribution in [1.29, 1.82) is 0 Å². The van der Waals surface area contributed by atoms with Crippen LogP contribution in [0.3, 0.4) is 0 Å². The zero-order chi connectivity index (χ0) is 8.84. The summed E-state index contributed by atoms with van der Waals surface area (Å²) in [4.78, 5) is 0. The lowest BCUT2D eigenvalue weighted by molar-refractivity contribution is -0.0458. The molecule has 4 atom stereocenters. The zero-order valence-electron chi connectivity index (χ0n) is 8.33. The summed E-state index contributed by atoms with van der Waals surface area (Å²) < 4.78 is 5.90. The van der Waals surface area contributed by atoms with Crippen molar-refractivity contribution in [2.45, 2.75) is 38.7 Å². The van der Waals surface area contributed by atoms with Gasteiger partial charge in [-0.2, -0.15) is 0 Å². The molecule has 0 aromatic rings. The molecule has 72 valence electrons. The first-order chi connectivity index (χ1) is 6.40. The minimum atomic E-state index is 0.641. The van der Waals surface area contributed by atoms with E-state index >= 15 is 0 Å². The fourth-order valence-corrected chi connectivity index (χ4v) is 3.79. The van der Waals surface area contributed by atoms with E-state index in [4.69, 9.17) is 4.74 Å². The summed E-state index contributed by atoms with van der Waals surface area (Å²) >= 11 is 0. The predicted molar refractivity (Wildman–Crippen MR) is 52.4 cm³/mol. The Hall–Kier alpha value is -0.300. The fourth-order valence-electron chi connectivity index (χ4n) is 3.79. The van der Waals surface area contributed by atoms with Crippen molar-refractivity contribution in [3.63, 3.8) is 0 Å². The van der Waals surface area contributed by atoms with E-state index in [0.29, 0.717) is 6.10 Å². The van der Waals surface area contributed by atoms with E-state index in [-0.39, 0.29) is 0 Å². The minimum Gasteiger partial charge on any atom is -0.378 e. The van der Waals surface area contributed by atoms with Crippen LogP contribution in [0.25, 0.3) is 0 Å². The largest absolute Gasteiger partial charge is 0.378 e. The normalized spacial score (nSPS) is 51.3. The van der Waals surface area contributed by atoms with Gasteiger partial charge in [0.05, 0.1) is 6.10 Å². The molecule has 1 heterocycles. The molecule has 0 amide bonds. The van der Waals surface area contributed by atoms with Gasteiger partial charge in [0.25, 0.3) is 0 Å². The van der Waals surface area contributed by atoms with Crippen molar-refractivity contribution < 1.29 is 4.74 Å². The van der Waals surface area contributed by atoms with Crippen LogP contribution in [-0.4, -0.2) is 12.7 Å². The molecule has 13 heavy (non-hydrogen) atoms. The van der Waals surface area contributed by atoms with Gasteiger partial charge in [-0.3, -0.25) is 0 Å². The summed E-state index contributed by atoms with van der Waals surface area (Å²) in [7, 11) is 0. The number of rotatable bonds is 0. The van der Waals surface area contributed by atoms with Gasteiger partial charge in [-0.25, -0.2) is 0 Å². The van der Waals surface area contributed by atoms with E-state index in [1.165, 1.54) is 25.7 Å². The Morgan fingerprint density at radius 3 is 3.23 bits per heavy atom. The average molecular weight is 178 g/mol. The maximum absolute atomic E-state index is 5.90. The summed E-state index contributed by atoms with van der Waals surface area (Å²) in [6.07, 6.45) is 8.47. The first-order valence-electron chi connectivity index (χ1n) is 5.67. The molecule has 0 aromatic carbocycles. The first-order valence-corrected chi connectivity index (χ1v) is 5.67. The average Bonchev–Trinajstić information content (AvgIpc) is 2.75. The molecule has 2 aliphatic carbocycles. The molecule has 0 N–H and O–H groups in total. The molecule has 0 spiro atoms. The van der Waals surface area contributed by atoms with Crippen LogP contribution in [0.2, 0.25) is 0 Å². The SMILES string of the molecule is C/C=C1/C[C@@H]2C[C@@H]1[C@@H]1CCCO[C@@H]21. The molecule has 0 unspecified atom stereocenters. The van der Waals surface area contributed by atoms with E-state index in [2.05, 4.69) is 13.0 Å². The molecule has 2 bridgehead atoms. The van der Waals surface area contributed by atoms with Crippen molar-refractivity contribution in [3.05, 3.63) is 11.6 Å². The Morgan fingerprint density at radius 2 is 2.38 bits per heavy atom. The van der Waals surface area contributed by atoms with Gasteiger partial charge in [0.2, 0.25) is 0 Å². The Bertz CT molecular complexity index is 244. The Labute approximate surface area is 80.2 Å². The quantitative estimate of drug-likeness (QED) is 0.518. The third-order valence-electron chi connectivity index (χ3n) is 4.30. The van der Waals surface area contributed by atoms with Gasteiger partial charge in [0.15, 0.2) is 0 Å². The van der Waals surface area contributed by atoms with Crippen molar-refractivity contribution in [3.8, 4) is 0 Å². The standard InChI is InChI=1S/C12H18O/c1-2-8-6-9-7-11(8)10-4-3-5-13-12(9)10/h2,9-12H,3-7H2,1H3/b8-2-/t9-,10+,11+,12+/m1/s1. The van der Waals surface area contributed by atoms with Crippen LogP contribution >= 0.6 is 0 Å². The smallest absolute Gasteiger partial charge is 0.0640 e. The molecule has 0 aromatic heterocycles. The van der Waals surface area contributed by atoms with Gasteiger partial charge in [0, 0.05) is 6.61 Å². The van der Waals surface area contributed by atoms with Gasteiger partial charge < -0.3 is 4.74 Å². The molecule has 1 saturated heterocycles. The monoisotopic (exact) mass is 178 g/mol. The maximum atomic E-state index is 5.90. The molecular weight excluding hydrogens is 160 g/mol. The van der Waals surface area contributed by atoms with Crippen molar-refractivity contribution in [2.75, 3.05) is 6.61 Å². The summed E-state index contributed by atoms with van der Waals surface area (Å²) in [6.45, 7) is 3.23. The van der Waals surface area contributed by atoms with Crippen LogP contribution in [0, 0.1) is 17.8 Å². The number of allylic oxidation sites excluding steroid dienone is 2. The first kappa shape index (κ1) is 8.05. The van der Waals surface area contributed by atoms with Gasteiger partial charge in [-0.05, 0) is 50.4 Å². The van der Waals surface area contributed by atoms with Crippen molar-refractivity contribution in [2.24, 2.45) is 17.8 Å². The van der Waals surface area contributed by atoms with E-state index in [1.54, 1.807) is 5.57 Å². The third kappa shape index (κ3) is 1.03. The molecule has 3 aliphatic rings. The lowest BCUT2D eigenvalue weighted by Gasteiger charge is -2.36. The second kappa shape index (κ2) is 2.84. The number of hydrogen-bond acceptors (Lipinski definition) is 1. The molecular formula is C12H18O. The summed E-state index contributed by atoms with van der Waals surface area (Å²) in [5.41, 5.74) is 1.73. The van der Waals surface area contributed by atoms with E-state index in [9.17, 15) is 0 Å². The molecule has 1 heteroatoms. The summed E-state index contributed by atoms with van der Waals surface area (Å²) in [6, 6.07) is 0. The predicted octanol–water partition coefficient (Wildman–Crippen LogP) is 2.77. The van der Waals surface area contributed by atoms with Gasteiger partial charge >= 0.3 is 0 Å². The van der Waals surface area contributed by atoms with Crippen molar-refractivity contribution in [1.82, 2.24) is 0 Å². The second-order valence-electron chi connectivity index (χ2n) is 4.81. The van der Waals surface area contributed by atoms with Crippen molar-refractivity contribution >= 4 is 0 Å². The Morgan fingerprint density at radius 1 is 1.46 bits per heavy atom. The molecule has 1 nitrogen and oxygen atoms in total. The third-order valence-corrected chi connectivity index (χ3v) is 4.30. The van der Waals surface area contributed by atoms with Crippen LogP contribution in [0.1, 0.15) is 32.6 Å². The Balaban J connectivity index is 1.87. The second-order valence-corrected chi connectivity index (χ2v) is 4.81. The Kier molecular flexibility index (Phi) is 1.76. The highest BCUT2D eigenvalue weighted by Gasteiger charge is 2.51. The molecule has 3 rings (SSSR count). The highest BCUT2D eigenvalue weighted by Crippen LogP contribution is 2.55. The highest BCUT2D eigenvalue weighted by molar-refractivity contribution is 5.21. The van der Waals surface area contributed by atoms with Gasteiger partial charge in [0.1, 0.15) is 0 Å². The molecule has 2 saturated carbocycles. The summed E-state index contributed by atoms with van der Waals surface area (Å²) in [5, 5.41) is 0. The van der Waals surface area contributed by atoms with Crippen LogP contribution in [0.4, 0.5) is 0 Å². The van der Waals surface area contributed by atoms with Crippen LogP contribution in [0.5, 0.6) is 0 Å². The maximum Gasteiger partial charge on any atom is 0.0640 e. The molecule has 1 aliphatic heterocycles. The number of fused-ring (bicyclic) bond motifs is 5. The number of ether oxygens (including phenoxy) is 1. The molecule has 0 radical (unpaired) electrons. The minimum absolute atomic E-state index is 0.641. The van der Waals surface area contributed by atoms with E-state index < -0.39 is 0 Å². The van der Waals surface area contributed by atoms with Crippen LogP contribution < -0.4 is 0 Å². The van der Waals surface area contributed by atoms with Gasteiger partial charge in [-0.1, -0.05) is 11.6 Å². The lowest BCUT2D eigenvalue weighted by atomic mass is 9.79. The number of hydrogen-bond donors (Lipinski definition) is 0. The topological polar surface area (TPSA) is 9.23 Å². The zero-order valence-corrected chi connectivity index (χ0v) is 8.33. The van der Waals surface area contributed by atoms with E-state index in [1.807, 2.05) is 0 Å². The van der Waals surface area contributed by atoms with Crippen LogP contribution in [-0.2, 0) is 4.74 Å². The molecule has 3 fully saturated rings. The van der Waals surface area contributed by atoms with Gasteiger partial charge in [-0.15, -0.1) is 0 Å². The van der Waals surface area contributed by atoms with E-state index in [0.717, 1.165) is 24.4 Å². The fraction of sp³-hybridized carbons (Fsp3) is 0.833. The highest BCUT2D eigenvalue weighted by atomic mass is 16.5. The summed E-state index contributed by atoms with van der Waals surface area (Å²) in [5.74, 6) is 2.67.